The van der Waals surface area contributed by atoms with Crippen molar-refractivity contribution >= 4 is 11.9 Å². The van der Waals surface area contributed by atoms with Crippen LogP contribution in [-0.2, 0) is 17.9 Å². The largest absolute Gasteiger partial charge is 0.489 e. The van der Waals surface area contributed by atoms with Gasteiger partial charge in [-0.25, -0.2) is 9.18 Å². The summed E-state index contributed by atoms with van der Waals surface area (Å²) in [5, 5.41) is 2.95. The van der Waals surface area contributed by atoms with Gasteiger partial charge in [0.1, 0.15) is 18.2 Å². The van der Waals surface area contributed by atoms with E-state index in [1.807, 2.05) is 54.6 Å². The van der Waals surface area contributed by atoms with Gasteiger partial charge in [0.25, 0.3) is 5.91 Å². The summed E-state index contributed by atoms with van der Waals surface area (Å²) in [6.07, 6.45) is 0. The van der Waals surface area contributed by atoms with Crippen LogP contribution in [-0.4, -0.2) is 35.3 Å². The average Bonchev–Trinajstić information content (AvgIpc) is 3.18. The molecule has 1 N–H and O–H groups in total. The summed E-state index contributed by atoms with van der Waals surface area (Å²) in [5.41, 5.74) is 3.87. The van der Waals surface area contributed by atoms with Gasteiger partial charge in [0.05, 0.1) is 23.9 Å². The lowest BCUT2D eigenvalue weighted by Crippen LogP contribution is -2.45. The molecule has 2 aliphatic heterocycles. The number of hydrogen-bond acceptors (Lipinski definition) is 3. The number of nitrogens with zero attached hydrogens (tertiary/aromatic N) is 2. The zero-order valence-electron chi connectivity index (χ0n) is 18.7. The Morgan fingerprint density at radius 1 is 0.971 bits per heavy atom. The molecule has 0 bridgehead atoms. The zero-order valence-corrected chi connectivity index (χ0v) is 18.7. The van der Waals surface area contributed by atoms with Gasteiger partial charge in [-0.3, -0.25) is 9.69 Å². The summed E-state index contributed by atoms with van der Waals surface area (Å²) in [4.78, 5) is 29.3. The normalized spacial score (nSPS) is 17.6. The lowest BCUT2D eigenvalue weighted by Gasteiger charge is -2.31. The molecule has 0 saturated heterocycles. The Morgan fingerprint density at radius 3 is 2.50 bits per heavy atom. The number of ether oxygens (including phenoxy) is 1. The quantitative estimate of drug-likeness (QED) is 0.597. The highest BCUT2D eigenvalue weighted by atomic mass is 19.1. The molecule has 6 nitrogen and oxygen atoms in total. The first-order valence-electron chi connectivity index (χ1n) is 11.1. The monoisotopic (exact) mass is 457 g/mol. The first-order chi connectivity index (χ1) is 16.5. The summed E-state index contributed by atoms with van der Waals surface area (Å²) in [7, 11) is 1.66. The molecular weight excluding hydrogens is 433 g/mol. The fourth-order valence-corrected chi connectivity index (χ4v) is 4.34. The Bertz CT molecular complexity index is 1260. The molecule has 0 fully saturated rings. The van der Waals surface area contributed by atoms with Crippen molar-refractivity contribution in [2.24, 2.45) is 0 Å². The molecular formula is C27H24FN3O3. The molecule has 0 unspecified atom stereocenters. The van der Waals surface area contributed by atoms with E-state index in [9.17, 15) is 14.0 Å². The molecule has 1 atom stereocenters. The van der Waals surface area contributed by atoms with Crippen LogP contribution >= 0.6 is 0 Å². The average molecular weight is 458 g/mol. The van der Waals surface area contributed by atoms with Crippen molar-refractivity contribution in [3.63, 3.8) is 0 Å². The van der Waals surface area contributed by atoms with Gasteiger partial charge >= 0.3 is 6.03 Å². The van der Waals surface area contributed by atoms with Gasteiger partial charge < -0.3 is 15.0 Å². The van der Waals surface area contributed by atoms with Crippen LogP contribution in [0.5, 0.6) is 5.75 Å². The Kier molecular flexibility index (Phi) is 5.76. The molecule has 0 aromatic heterocycles. The number of benzene rings is 3. The van der Waals surface area contributed by atoms with Crippen LogP contribution < -0.4 is 10.1 Å². The molecule has 0 saturated carbocycles. The number of rotatable bonds is 6. The molecule has 34 heavy (non-hydrogen) atoms. The van der Waals surface area contributed by atoms with Gasteiger partial charge in [0, 0.05) is 13.6 Å². The molecule has 0 spiro atoms. The number of hydrogen-bond donors (Lipinski definition) is 1. The maximum atomic E-state index is 13.4. The minimum Gasteiger partial charge on any atom is -0.489 e. The van der Waals surface area contributed by atoms with Crippen molar-refractivity contribution in [3.8, 4) is 5.75 Å². The topological polar surface area (TPSA) is 61.9 Å². The molecule has 3 aromatic carbocycles. The van der Waals surface area contributed by atoms with E-state index >= 15 is 0 Å². The van der Waals surface area contributed by atoms with Gasteiger partial charge in [-0.15, -0.1) is 0 Å². The highest BCUT2D eigenvalue weighted by Gasteiger charge is 2.42. The smallest absolute Gasteiger partial charge is 0.322 e. The maximum Gasteiger partial charge on any atom is 0.322 e. The lowest BCUT2D eigenvalue weighted by molar-refractivity contribution is -0.126. The van der Waals surface area contributed by atoms with Gasteiger partial charge in [0.15, 0.2) is 0 Å². The fraction of sp³-hybridized carbons (Fsp3) is 0.185. The SMILES string of the molecule is CN1C(=O)N[C@H](c2cccc(OCc3ccccc3)c2)C2=C1CN(Cc1ccc(F)cc1)C2=O. The third kappa shape index (κ3) is 4.24. The van der Waals surface area contributed by atoms with E-state index in [1.165, 1.54) is 17.0 Å². The lowest BCUT2D eigenvalue weighted by atomic mass is 9.95. The molecule has 3 aromatic rings. The van der Waals surface area contributed by atoms with Crippen LogP contribution in [0.2, 0.25) is 0 Å². The molecule has 5 rings (SSSR count). The van der Waals surface area contributed by atoms with Crippen LogP contribution in [0.1, 0.15) is 22.7 Å². The number of halogens is 1. The van der Waals surface area contributed by atoms with Crippen LogP contribution in [0.25, 0.3) is 0 Å². The van der Waals surface area contributed by atoms with Gasteiger partial charge in [-0.1, -0.05) is 54.6 Å². The van der Waals surface area contributed by atoms with Crippen LogP contribution in [0, 0.1) is 5.82 Å². The van der Waals surface area contributed by atoms with Crippen LogP contribution in [0.4, 0.5) is 9.18 Å². The molecule has 2 aliphatic rings. The van der Waals surface area contributed by atoms with E-state index in [1.54, 1.807) is 24.1 Å². The van der Waals surface area contributed by atoms with Gasteiger partial charge in [-0.05, 0) is 41.0 Å². The summed E-state index contributed by atoms with van der Waals surface area (Å²) in [5.74, 6) is 0.190. The van der Waals surface area contributed by atoms with Crippen molar-refractivity contribution in [3.05, 3.63) is 113 Å². The van der Waals surface area contributed by atoms with Gasteiger partial charge in [-0.2, -0.15) is 0 Å². The number of carbonyl (C=O) groups excluding carboxylic acids is 2. The molecule has 0 radical (unpaired) electrons. The summed E-state index contributed by atoms with van der Waals surface area (Å²) in [6, 6.07) is 22.6. The minimum atomic E-state index is -0.579. The third-order valence-electron chi connectivity index (χ3n) is 6.16. The first-order valence-corrected chi connectivity index (χ1v) is 11.1. The number of carbonyl (C=O) groups is 2. The molecule has 2 heterocycles. The highest BCUT2D eigenvalue weighted by Crippen LogP contribution is 2.37. The van der Waals surface area contributed by atoms with E-state index in [2.05, 4.69) is 5.32 Å². The minimum absolute atomic E-state index is 0.146. The van der Waals surface area contributed by atoms with Crippen molar-refractivity contribution in [1.29, 1.82) is 0 Å². The second-order valence-electron chi connectivity index (χ2n) is 8.44. The van der Waals surface area contributed by atoms with Crippen molar-refractivity contribution in [2.75, 3.05) is 13.6 Å². The molecule has 3 amide bonds. The molecule has 0 aliphatic carbocycles. The second-order valence-corrected chi connectivity index (χ2v) is 8.44. The second kappa shape index (κ2) is 9.02. The Hall–Kier alpha value is -4.13. The number of likely N-dealkylation sites (N-methyl/N-ethyl adjacent to an activating group) is 1. The van der Waals surface area contributed by atoms with Crippen LogP contribution in [0.15, 0.2) is 90.1 Å². The van der Waals surface area contributed by atoms with E-state index < -0.39 is 6.04 Å². The number of urea groups is 1. The summed E-state index contributed by atoms with van der Waals surface area (Å²) < 4.78 is 19.2. The van der Waals surface area contributed by atoms with E-state index in [-0.39, 0.29) is 17.8 Å². The maximum absolute atomic E-state index is 13.4. The number of nitrogens with one attached hydrogen (secondary N) is 1. The van der Waals surface area contributed by atoms with E-state index in [4.69, 9.17) is 4.74 Å². The van der Waals surface area contributed by atoms with Crippen molar-refractivity contribution < 1.29 is 18.7 Å². The number of amides is 3. The van der Waals surface area contributed by atoms with E-state index in [0.29, 0.717) is 36.7 Å². The molecule has 7 heteroatoms. The Morgan fingerprint density at radius 2 is 1.74 bits per heavy atom. The standard InChI is InChI=1S/C27H24FN3O3/c1-30-23-16-31(15-18-10-12-21(28)13-11-18)26(32)24(23)25(29-27(30)33)20-8-5-9-22(14-20)34-17-19-6-3-2-4-7-19/h2-14,25H,15-17H2,1H3,(H,29,33)/t25-/m1/s1. The Labute approximate surface area is 197 Å². The predicted octanol–water partition coefficient (Wildman–Crippen LogP) is 4.40. The highest BCUT2D eigenvalue weighted by molar-refractivity contribution is 6.01. The summed E-state index contributed by atoms with van der Waals surface area (Å²) >= 11 is 0. The zero-order chi connectivity index (χ0) is 23.7. The third-order valence-corrected chi connectivity index (χ3v) is 6.16. The van der Waals surface area contributed by atoms with Crippen molar-refractivity contribution in [1.82, 2.24) is 15.1 Å². The summed E-state index contributed by atoms with van der Waals surface area (Å²) in [6.45, 7) is 1.07. The van der Waals surface area contributed by atoms with E-state index in [0.717, 1.165) is 16.7 Å². The van der Waals surface area contributed by atoms with Gasteiger partial charge in [0.2, 0.25) is 0 Å². The first kappa shape index (κ1) is 21.7. The van der Waals surface area contributed by atoms with Crippen molar-refractivity contribution in [2.45, 2.75) is 19.2 Å². The Balaban J connectivity index is 1.39. The molecule has 172 valence electrons. The fourth-order valence-electron chi connectivity index (χ4n) is 4.34. The predicted molar refractivity (Wildman–Crippen MR) is 125 cm³/mol. The van der Waals surface area contributed by atoms with Crippen LogP contribution in [0.3, 0.4) is 0 Å².